The first-order chi connectivity index (χ1) is 12.7. The van der Waals surface area contributed by atoms with Crippen LogP contribution in [0.3, 0.4) is 0 Å². The summed E-state index contributed by atoms with van der Waals surface area (Å²) >= 11 is 0. The first-order valence-electron chi connectivity index (χ1n) is 9.68. The third-order valence-corrected chi connectivity index (χ3v) is 4.96. The van der Waals surface area contributed by atoms with Crippen molar-refractivity contribution >= 4 is 18.3 Å². The molecule has 27 heavy (non-hydrogen) atoms. The molecule has 1 saturated heterocycles. The molecule has 0 aliphatic carbocycles. The van der Waals surface area contributed by atoms with Crippen molar-refractivity contribution in [2.24, 2.45) is 5.92 Å². The number of ether oxygens (including phenoxy) is 2. The van der Waals surface area contributed by atoms with Crippen molar-refractivity contribution in [3.05, 3.63) is 23.8 Å². The van der Waals surface area contributed by atoms with Gasteiger partial charge in [0.25, 0.3) is 0 Å². The number of hydrogen-bond acceptors (Lipinski definition) is 5. The molecule has 1 heterocycles. The SMILES string of the molecule is CCN(CC)CCOc1ccc(CNC(=O)C2CCNCC2)cc1OC.Cl. The van der Waals surface area contributed by atoms with Gasteiger partial charge in [0.15, 0.2) is 11.5 Å². The number of carbonyl (C=O) groups is 1. The number of halogens is 1. The number of methoxy groups -OCH3 is 1. The van der Waals surface area contributed by atoms with Gasteiger partial charge in [-0.3, -0.25) is 4.79 Å². The number of likely N-dealkylation sites (N-methyl/N-ethyl adjacent to an activating group) is 1. The van der Waals surface area contributed by atoms with Gasteiger partial charge in [-0.05, 0) is 56.7 Å². The van der Waals surface area contributed by atoms with Crippen LogP contribution in [0.15, 0.2) is 18.2 Å². The van der Waals surface area contributed by atoms with E-state index in [0.717, 1.165) is 56.9 Å². The molecule has 0 atom stereocenters. The van der Waals surface area contributed by atoms with Crippen molar-refractivity contribution in [1.82, 2.24) is 15.5 Å². The molecule has 1 aromatic carbocycles. The van der Waals surface area contributed by atoms with Gasteiger partial charge in [-0.2, -0.15) is 0 Å². The Labute approximate surface area is 169 Å². The average molecular weight is 400 g/mol. The molecule has 1 aliphatic rings. The van der Waals surface area contributed by atoms with E-state index in [9.17, 15) is 4.79 Å². The van der Waals surface area contributed by atoms with E-state index in [1.54, 1.807) is 7.11 Å². The lowest BCUT2D eigenvalue weighted by Crippen LogP contribution is -2.37. The molecule has 7 heteroatoms. The summed E-state index contributed by atoms with van der Waals surface area (Å²) < 4.78 is 11.3. The minimum atomic E-state index is 0. The Hall–Kier alpha value is -1.50. The minimum absolute atomic E-state index is 0. The second-order valence-corrected chi connectivity index (χ2v) is 6.60. The molecule has 0 radical (unpaired) electrons. The first kappa shape index (κ1) is 23.5. The summed E-state index contributed by atoms with van der Waals surface area (Å²) in [7, 11) is 1.64. The highest BCUT2D eigenvalue weighted by molar-refractivity contribution is 5.85. The van der Waals surface area contributed by atoms with Gasteiger partial charge in [-0.25, -0.2) is 0 Å². The van der Waals surface area contributed by atoms with E-state index in [-0.39, 0.29) is 24.2 Å². The maximum atomic E-state index is 12.3. The minimum Gasteiger partial charge on any atom is -0.493 e. The fourth-order valence-electron chi connectivity index (χ4n) is 3.18. The van der Waals surface area contributed by atoms with Crippen molar-refractivity contribution < 1.29 is 14.3 Å². The Morgan fingerprint density at radius 2 is 1.93 bits per heavy atom. The zero-order valence-electron chi connectivity index (χ0n) is 16.8. The summed E-state index contributed by atoms with van der Waals surface area (Å²) in [6, 6.07) is 5.85. The van der Waals surface area contributed by atoms with Crippen LogP contribution in [0.5, 0.6) is 11.5 Å². The summed E-state index contributed by atoms with van der Waals surface area (Å²) in [4.78, 5) is 14.6. The molecule has 1 aliphatic heterocycles. The fourth-order valence-corrected chi connectivity index (χ4v) is 3.18. The molecule has 1 amide bonds. The van der Waals surface area contributed by atoms with Crippen LogP contribution in [0, 0.1) is 5.92 Å². The van der Waals surface area contributed by atoms with Gasteiger partial charge in [-0.1, -0.05) is 19.9 Å². The number of carbonyl (C=O) groups excluding carboxylic acids is 1. The van der Waals surface area contributed by atoms with Crippen molar-refractivity contribution in [1.29, 1.82) is 0 Å². The molecular weight excluding hydrogens is 366 g/mol. The first-order valence-corrected chi connectivity index (χ1v) is 9.68. The standard InChI is InChI=1S/C20H33N3O3.ClH/c1-4-23(5-2)12-13-26-18-7-6-16(14-19(18)25-3)15-22-20(24)17-8-10-21-11-9-17;/h6-7,14,17,21H,4-5,8-13,15H2,1-3H3,(H,22,24);1H. The highest BCUT2D eigenvalue weighted by atomic mass is 35.5. The van der Waals surface area contributed by atoms with Crippen LogP contribution >= 0.6 is 12.4 Å². The summed E-state index contributed by atoms with van der Waals surface area (Å²) in [6.45, 7) is 10.2. The maximum absolute atomic E-state index is 12.3. The van der Waals surface area contributed by atoms with E-state index in [4.69, 9.17) is 9.47 Å². The van der Waals surface area contributed by atoms with E-state index in [2.05, 4.69) is 29.4 Å². The highest BCUT2D eigenvalue weighted by Gasteiger charge is 2.20. The predicted octanol–water partition coefficient (Wildman–Crippen LogP) is 2.45. The maximum Gasteiger partial charge on any atom is 0.223 e. The molecule has 0 saturated carbocycles. The number of piperidine rings is 1. The van der Waals surface area contributed by atoms with Crippen molar-refractivity contribution in [2.45, 2.75) is 33.2 Å². The largest absolute Gasteiger partial charge is 0.493 e. The van der Waals surface area contributed by atoms with E-state index in [1.807, 2.05) is 18.2 Å². The van der Waals surface area contributed by atoms with Gasteiger partial charge in [0.05, 0.1) is 7.11 Å². The molecule has 2 rings (SSSR count). The van der Waals surface area contributed by atoms with Crippen LogP contribution in [0.4, 0.5) is 0 Å². The Bertz CT molecular complexity index is 561. The number of nitrogens with one attached hydrogen (secondary N) is 2. The summed E-state index contributed by atoms with van der Waals surface area (Å²) in [5.41, 5.74) is 1.01. The lowest BCUT2D eigenvalue weighted by molar-refractivity contribution is -0.125. The van der Waals surface area contributed by atoms with Crippen LogP contribution in [-0.4, -0.2) is 57.2 Å². The lowest BCUT2D eigenvalue weighted by atomic mass is 9.97. The molecule has 0 aromatic heterocycles. The number of nitrogens with zero attached hydrogens (tertiary/aromatic N) is 1. The van der Waals surface area contributed by atoms with Crippen molar-refractivity contribution in [3.63, 3.8) is 0 Å². The molecule has 1 aromatic rings. The number of benzene rings is 1. The van der Waals surface area contributed by atoms with Gasteiger partial charge in [-0.15, -0.1) is 12.4 Å². The monoisotopic (exact) mass is 399 g/mol. The fraction of sp³-hybridized carbons (Fsp3) is 0.650. The summed E-state index contributed by atoms with van der Waals surface area (Å²) in [6.07, 6.45) is 1.82. The van der Waals surface area contributed by atoms with Crippen LogP contribution in [0.2, 0.25) is 0 Å². The molecule has 2 N–H and O–H groups in total. The van der Waals surface area contributed by atoms with Gasteiger partial charge >= 0.3 is 0 Å². The molecule has 0 spiro atoms. The van der Waals surface area contributed by atoms with Gasteiger partial charge in [0.2, 0.25) is 5.91 Å². The summed E-state index contributed by atoms with van der Waals surface area (Å²) in [5, 5.41) is 6.33. The third kappa shape index (κ3) is 7.56. The van der Waals surface area contributed by atoms with Crippen LogP contribution < -0.4 is 20.1 Å². The van der Waals surface area contributed by atoms with Crippen LogP contribution in [-0.2, 0) is 11.3 Å². The molecule has 1 fully saturated rings. The number of hydrogen-bond donors (Lipinski definition) is 2. The molecule has 0 bridgehead atoms. The Morgan fingerprint density at radius 3 is 2.56 bits per heavy atom. The summed E-state index contributed by atoms with van der Waals surface area (Å²) in [5.74, 6) is 1.72. The molecule has 0 unspecified atom stereocenters. The second kappa shape index (κ2) is 12.8. The van der Waals surface area contributed by atoms with Gasteiger partial charge < -0.3 is 25.0 Å². The second-order valence-electron chi connectivity index (χ2n) is 6.60. The quantitative estimate of drug-likeness (QED) is 0.632. The topological polar surface area (TPSA) is 62.8 Å². The Balaban J connectivity index is 0.00000364. The van der Waals surface area contributed by atoms with E-state index < -0.39 is 0 Å². The zero-order valence-corrected chi connectivity index (χ0v) is 17.6. The van der Waals surface area contributed by atoms with Gasteiger partial charge in [0.1, 0.15) is 6.61 Å². The van der Waals surface area contributed by atoms with Gasteiger partial charge in [0, 0.05) is 19.0 Å². The number of rotatable bonds is 10. The van der Waals surface area contributed by atoms with E-state index >= 15 is 0 Å². The smallest absolute Gasteiger partial charge is 0.223 e. The molecular formula is C20H34ClN3O3. The van der Waals surface area contributed by atoms with E-state index in [0.29, 0.717) is 18.9 Å². The Kier molecular flexibility index (Phi) is 11.2. The molecule has 6 nitrogen and oxygen atoms in total. The average Bonchev–Trinajstić information content (AvgIpc) is 2.70. The Morgan fingerprint density at radius 1 is 1.22 bits per heavy atom. The number of amides is 1. The normalized spacial score (nSPS) is 14.5. The predicted molar refractivity (Wildman–Crippen MR) is 111 cm³/mol. The highest BCUT2D eigenvalue weighted by Crippen LogP contribution is 2.28. The molecule has 154 valence electrons. The van der Waals surface area contributed by atoms with Crippen LogP contribution in [0.25, 0.3) is 0 Å². The van der Waals surface area contributed by atoms with Crippen LogP contribution in [0.1, 0.15) is 32.3 Å². The lowest BCUT2D eigenvalue weighted by Gasteiger charge is -2.22. The van der Waals surface area contributed by atoms with Crippen molar-refractivity contribution in [2.75, 3.05) is 46.4 Å². The zero-order chi connectivity index (χ0) is 18.8. The van der Waals surface area contributed by atoms with Crippen molar-refractivity contribution in [3.8, 4) is 11.5 Å². The third-order valence-electron chi connectivity index (χ3n) is 4.96. The van der Waals surface area contributed by atoms with E-state index in [1.165, 1.54) is 0 Å².